The number of esters is 1. The monoisotopic (exact) mass is 249 g/mol. The molecule has 2 aromatic rings. The van der Waals surface area contributed by atoms with Crippen LogP contribution in [0.1, 0.15) is 20.8 Å². The molecular weight excluding hydrogens is 234 g/mol. The van der Waals surface area contributed by atoms with Crippen molar-refractivity contribution in [3.05, 3.63) is 28.8 Å². The molecule has 0 aliphatic carbocycles. The summed E-state index contributed by atoms with van der Waals surface area (Å²) >= 11 is 0. The van der Waals surface area contributed by atoms with Crippen LogP contribution in [0.3, 0.4) is 0 Å². The summed E-state index contributed by atoms with van der Waals surface area (Å²) in [5.41, 5.74) is 0.124. The summed E-state index contributed by atoms with van der Waals surface area (Å²) in [5.74, 6) is -0.450. The van der Waals surface area contributed by atoms with Crippen molar-refractivity contribution in [1.29, 1.82) is 0 Å². The lowest BCUT2D eigenvalue weighted by atomic mass is 10.2. The number of nitrogens with zero attached hydrogens (tertiary/aromatic N) is 2. The Morgan fingerprint density at radius 3 is 2.89 bits per heavy atom. The van der Waals surface area contributed by atoms with Gasteiger partial charge in [-0.05, 0) is 32.9 Å². The SMILES string of the molecule is CC(C)(C)OC(=O)Cn1c(=O)[nH]c2ncccc21. The topological polar surface area (TPSA) is 77.0 Å². The zero-order valence-corrected chi connectivity index (χ0v) is 10.6. The minimum absolute atomic E-state index is 0.123. The van der Waals surface area contributed by atoms with Crippen molar-refractivity contribution in [2.45, 2.75) is 32.9 Å². The minimum atomic E-state index is -0.564. The first kappa shape index (κ1) is 12.3. The summed E-state index contributed by atoms with van der Waals surface area (Å²) in [4.78, 5) is 30.0. The number of aromatic nitrogens is 3. The van der Waals surface area contributed by atoms with Gasteiger partial charge in [0.05, 0.1) is 5.52 Å². The normalized spacial score (nSPS) is 11.7. The highest BCUT2D eigenvalue weighted by Gasteiger charge is 2.18. The summed E-state index contributed by atoms with van der Waals surface area (Å²) < 4.78 is 6.50. The molecule has 0 saturated heterocycles. The second-order valence-electron chi connectivity index (χ2n) is 4.97. The van der Waals surface area contributed by atoms with Crippen molar-refractivity contribution in [3.63, 3.8) is 0 Å². The number of aromatic amines is 1. The summed E-state index contributed by atoms with van der Waals surface area (Å²) in [7, 11) is 0. The van der Waals surface area contributed by atoms with E-state index < -0.39 is 11.6 Å². The number of fused-ring (bicyclic) bond motifs is 1. The summed E-state index contributed by atoms with van der Waals surface area (Å²) in [6.45, 7) is 5.22. The molecule has 0 radical (unpaired) electrons. The average molecular weight is 249 g/mol. The maximum atomic E-state index is 11.7. The number of hydrogen-bond donors (Lipinski definition) is 1. The predicted molar refractivity (Wildman–Crippen MR) is 66.2 cm³/mol. The predicted octanol–water partition coefficient (Wildman–Crippen LogP) is 1.07. The Hall–Kier alpha value is -2.11. The molecule has 96 valence electrons. The Morgan fingerprint density at radius 1 is 1.50 bits per heavy atom. The molecule has 18 heavy (non-hydrogen) atoms. The quantitative estimate of drug-likeness (QED) is 0.807. The maximum absolute atomic E-state index is 11.7. The molecule has 0 aromatic carbocycles. The first-order valence-electron chi connectivity index (χ1n) is 5.62. The Bertz CT molecular complexity index is 634. The molecule has 0 amide bonds. The number of nitrogens with one attached hydrogen (secondary N) is 1. The van der Waals surface area contributed by atoms with Gasteiger partial charge < -0.3 is 4.74 Å². The molecule has 2 heterocycles. The fraction of sp³-hybridized carbons (Fsp3) is 0.417. The van der Waals surface area contributed by atoms with Crippen LogP contribution in [0.15, 0.2) is 23.1 Å². The number of H-pyrrole nitrogens is 1. The van der Waals surface area contributed by atoms with Crippen LogP contribution in [0.25, 0.3) is 11.2 Å². The smallest absolute Gasteiger partial charge is 0.328 e. The van der Waals surface area contributed by atoms with Crippen molar-refractivity contribution in [3.8, 4) is 0 Å². The Kier molecular flexibility index (Phi) is 2.94. The molecule has 0 saturated carbocycles. The van der Waals surface area contributed by atoms with Crippen LogP contribution in [0.4, 0.5) is 0 Å². The molecule has 0 unspecified atom stereocenters. The first-order chi connectivity index (χ1) is 8.37. The van der Waals surface area contributed by atoms with Crippen LogP contribution >= 0.6 is 0 Å². The van der Waals surface area contributed by atoms with E-state index in [-0.39, 0.29) is 12.2 Å². The molecule has 2 aromatic heterocycles. The number of ether oxygens (including phenoxy) is 1. The van der Waals surface area contributed by atoms with E-state index in [1.54, 1.807) is 39.1 Å². The molecule has 0 aliphatic rings. The highest BCUT2D eigenvalue weighted by molar-refractivity contribution is 5.75. The van der Waals surface area contributed by atoms with E-state index in [0.717, 1.165) is 0 Å². The van der Waals surface area contributed by atoms with E-state index in [0.29, 0.717) is 11.2 Å². The third-order valence-corrected chi connectivity index (χ3v) is 2.25. The van der Waals surface area contributed by atoms with Gasteiger partial charge in [0, 0.05) is 6.20 Å². The minimum Gasteiger partial charge on any atom is -0.459 e. The third kappa shape index (κ3) is 2.58. The van der Waals surface area contributed by atoms with Gasteiger partial charge in [-0.3, -0.25) is 14.3 Å². The molecule has 1 N–H and O–H groups in total. The number of carbonyl (C=O) groups excluding carboxylic acids is 1. The van der Waals surface area contributed by atoms with Gasteiger partial charge in [-0.1, -0.05) is 0 Å². The highest BCUT2D eigenvalue weighted by atomic mass is 16.6. The molecule has 0 atom stereocenters. The summed E-state index contributed by atoms with van der Waals surface area (Å²) in [6, 6.07) is 3.44. The second-order valence-corrected chi connectivity index (χ2v) is 4.97. The van der Waals surface area contributed by atoms with Crippen molar-refractivity contribution in [2.24, 2.45) is 0 Å². The van der Waals surface area contributed by atoms with Gasteiger partial charge >= 0.3 is 11.7 Å². The third-order valence-electron chi connectivity index (χ3n) is 2.25. The van der Waals surface area contributed by atoms with Crippen molar-refractivity contribution in [2.75, 3.05) is 0 Å². The fourth-order valence-corrected chi connectivity index (χ4v) is 1.65. The summed E-state index contributed by atoms with van der Waals surface area (Å²) in [6.07, 6.45) is 1.58. The van der Waals surface area contributed by atoms with Crippen molar-refractivity contribution in [1.82, 2.24) is 14.5 Å². The molecule has 0 aliphatic heterocycles. The summed E-state index contributed by atoms with van der Waals surface area (Å²) in [5, 5.41) is 0. The maximum Gasteiger partial charge on any atom is 0.328 e. The van der Waals surface area contributed by atoms with Crippen LogP contribution in [0.5, 0.6) is 0 Å². The molecule has 0 fully saturated rings. The second kappa shape index (κ2) is 4.29. The van der Waals surface area contributed by atoms with E-state index in [4.69, 9.17) is 4.74 Å². The number of hydrogen-bond acceptors (Lipinski definition) is 4. The largest absolute Gasteiger partial charge is 0.459 e. The van der Waals surface area contributed by atoms with Crippen molar-refractivity contribution >= 4 is 17.1 Å². The highest BCUT2D eigenvalue weighted by Crippen LogP contribution is 2.10. The van der Waals surface area contributed by atoms with Gasteiger partial charge in [0.2, 0.25) is 0 Å². The fourth-order valence-electron chi connectivity index (χ4n) is 1.65. The Balaban J connectivity index is 2.30. The molecule has 2 rings (SSSR count). The van der Waals surface area contributed by atoms with E-state index in [9.17, 15) is 9.59 Å². The average Bonchev–Trinajstić information content (AvgIpc) is 2.53. The lowest BCUT2D eigenvalue weighted by Crippen LogP contribution is -2.29. The lowest BCUT2D eigenvalue weighted by molar-refractivity contribution is -0.155. The molecule has 6 heteroatoms. The number of rotatable bonds is 2. The van der Waals surface area contributed by atoms with Crippen LogP contribution in [-0.4, -0.2) is 26.1 Å². The zero-order chi connectivity index (χ0) is 13.3. The van der Waals surface area contributed by atoms with Crippen LogP contribution in [0, 0.1) is 0 Å². The Morgan fingerprint density at radius 2 is 2.22 bits per heavy atom. The van der Waals surface area contributed by atoms with Crippen molar-refractivity contribution < 1.29 is 9.53 Å². The number of imidazole rings is 1. The molecule has 0 bridgehead atoms. The van der Waals surface area contributed by atoms with E-state index in [1.807, 2.05) is 0 Å². The van der Waals surface area contributed by atoms with Crippen LogP contribution in [0.2, 0.25) is 0 Å². The zero-order valence-electron chi connectivity index (χ0n) is 10.6. The van der Waals surface area contributed by atoms with Gasteiger partial charge in [0.25, 0.3) is 0 Å². The molecule has 6 nitrogen and oxygen atoms in total. The van der Waals surface area contributed by atoms with Gasteiger partial charge in [-0.2, -0.15) is 0 Å². The lowest BCUT2D eigenvalue weighted by Gasteiger charge is -2.19. The Labute approximate surface area is 104 Å². The van der Waals surface area contributed by atoms with E-state index in [1.165, 1.54) is 4.57 Å². The number of pyridine rings is 1. The van der Waals surface area contributed by atoms with Gasteiger partial charge in [0.1, 0.15) is 12.1 Å². The van der Waals surface area contributed by atoms with Crippen LogP contribution < -0.4 is 5.69 Å². The van der Waals surface area contributed by atoms with E-state index in [2.05, 4.69) is 9.97 Å². The van der Waals surface area contributed by atoms with Gasteiger partial charge in [-0.25, -0.2) is 9.78 Å². The van der Waals surface area contributed by atoms with Gasteiger partial charge in [-0.15, -0.1) is 0 Å². The van der Waals surface area contributed by atoms with Gasteiger partial charge in [0.15, 0.2) is 5.65 Å². The van der Waals surface area contributed by atoms with E-state index >= 15 is 0 Å². The first-order valence-corrected chi connectivity index (χ1v) is 5.62. The molecular formula is C12H15N3O3. The van der Waals surface area contributed by atoms with Crippen LogP contribution in [-0.2, 0) is 16.1 Å². The number of carbonyl (C=O) groups is 1. The standard InChI is InChI=1S/C12H15N3O3/c1-12(2,3)18-9(16)7-15-8-5-4-6-13-10(8)14-11(15)17/h4-6H,7H2,1-3H3,(H,13,14,17). The molecule has 0 spiro atoms.